The molecular formula is C6H13IO. The van der Waals surface area contributed by atoms with Gasteiger partial charge < -0.3 is 4.74 Å². The molecule has 2 atom stereocenters. The Hall–Kier alpha value is 0.690. The summed E-state index contributed by atoms with van der Waals surface area (Å²) < 4.78 is 5.68. The molecule has 0 aliphatic heterocycles. The molecule has 0 heterocycles. The molecule has 8 heavy (non-hydrogen) atoms. The van der Waals surface area contributed by atoms with Gasteiger partial charge in [0.25, 0.3) is 0 Å². The summed E-state index contributed by atoms with van der Waals surface area (Å²) >= 11 is 2.41. The second kappa shape index (κ2) is 4.56. The number of alkyl halides is 1. The third kappa shape index (κ3) is 3.66. The minimum Gasteiger partial charge on any atom is -0.384 e. The van der Waals surface area contributed by atoms with Gasteiger partial charge in [-0.2, -0.15) is 0 Å². The molecule has 0 fully saturated rings. The summed E-state index contributed by atoms with van der Waals surface area (Å²) in [6, 6.07) is 0. The second-order valence-corrected chi connectivity index (χ2v) is 4.07. The van der Waals surface area contributed by atoms with Crippen molar-refractivity contribution in [3.63, 3.8) is 0 Å². The summed E-state index contributed by atoms with van der Waals surface area (Å²) in [7, 11) is 1.75. The average Bonchev–Trinajstić information content (AvgIpc) is 1.67. The lowest BCUT2D eigenvalue weighted by atomic mass is 10.1. The van der Waals surface area contributed by atoms with Gasteiger partial charge in [-0.05, 0) is 5.92 Å². The summed E-state index contributed by atoms with van der Waals surface area (Å²) in [6.07, 6.45) is 0. The van der Waals surface area contributed by atoms with E-state index in [0.717, 1.165) is 6.61 Å². The molecule has 0 bridgehead atoms. The van der Waals surface area contributed by atoms with Gasteiger partial charge in [-0.15, -0.1) is 0 Å². The van der Waals surface area contributed by atoms with Crippen molar-refractivity contribution in [1.29, 1.82) is 0 Å². The third-order valence-corrected chi connectivity index (χ3v) is 2.44. The standard InChI is InChI=1S/C6H13IO/c1-5(4-8-3)6(2)7/h5-6H,4H2,1-3H3/t5?,6-/m0/s1. The average molecular weight is 228 g/mol. The highest BCUT2D eigenvalue weighted by Crippen LogP contribution is 2.11. The molecule has 0 N–H and O–H groups in total. The Kier molecular flexibility index (Phi) is 4.95. The number of rotatable bonds is 3. The van der Waals surface area contributed by atoms with Crippen LogP contribution in [0.4, 0.5) is 0 Å². The van der Waals surface area contributed by atoms with Gasteiger partial charge in [0.1, 0.15) is 0 Å². The van der Waals surface area contributed by atoms with E-state index in [4.69, 9.17) is 4.74 Å². The van der Waals surface area contributed by atoms with Crippen LogP contribution in [0.5, 0.6) is 0 Å². The van der Waals surface area contributed by atoms with Crippen LogP contribution in [0.1, 0.15) is 13.8 Å². The van der Waals surface area contributed by atoms with E-state index in [2.05, 4.69) is 36.4 Å². The van der Waals surface area contributed by atoms with Crippen LogP contribution >= 0.6 is 22.6 Å². The Balaban J connectivity index is 3.17. The van der Waals surface area contributed by atoms with E-state index in [-0.39, 0.29) is 0 Å². The summed E-state index contributed by atoms with van der Waals surface area (Å²) in [5.74, 6) is 0.681. The molecule has 1 unspecified atom stereocenters. The van der Waals surface area contributed by atoms with Crippen molar-refractivity contribution in [3.8, 4) is 0 Å². The first kappa shape index (κ1) is 8.69. The monoisotopic (exact) mass is 228 g/mol. The minimum atomic E-state index is 0.681. The first-order chi connectivity index (χ1) is 3.68. The van der Waals surface area contributed by atoms with Crippen LogP contribution in [0, 0.1) is 5.92 Å². The van der Waals surface area contributed by atoms with Crippen LogP contribution in [0.2, 0.25) is 0 Å². The van der Waals surface area contributed by atoms with Crippen molar-refractivity contribution in [2.45, 2.75) is 17.8 Å². The van der Waals surface area contributed by atoms with Gasteiger partial charge in [0.15, 0.2) is 0 Å². The van der Waals surface area contributed by atoms with Crippen molar-refractivity contribution in [2.75, 3.05) is 13.7 Å². The zero-order chi connectivity index (χ0) is 6.57. The molecule has 0 aromatic rings. The molecule has 2 heteroatoms. The lowest BCUT2D eigenvalue weighted by Gasteiger charge is -2.11. The molecule has 0 rings (SSSR count). The maximum Gasteiger partial charge on any atom is 0.0497 e. The summed E-state index contributed by atoms with van der Waals surface area (Å²) in [5.41, 5.74) is 0. The van der Waals surface area contributed by atoms with E-state index < -0.39 is 0 Å². The van der Waals surface area contributed by atoms with Crippen LogP contribution < -0.4 is 0 Å². The van der Waals surface area contributed by atoms with Crippen molar-refractivity contribution in [3.05, 3.63) is 0 Å². The Morgan fingerprint density at radius 1 is 1.50 bits per heavy atom. The van der Waals surface area contributed by atoms with Crippen LogP contribution in [0.25, 0.3) is 0 Å². The van der Waals surface area contributed by atoms with Gasteiger partial charge in [-0.1, -0.05) is 36.4 Å². The highest BCUT2D eigenvalue weighted by atomic mass is 127. The lowest BCUT2D eigenvalue weighted by Crippen LogP contribution is -2.12. The normalized spacial score (nSPS) is 18.0. The second-order valence-electron chi connectivity index (χ2n) is 2.11. The SMILES string of the molecule is COCC(C)[C@H](C)I. The minimum absolute atomic E-state index is 0.681. The van der Waals surface area contributed by atoms with E-state index in [1.165, 1.54) is 0 Å². The van der Waals surface area contributed by atoms with Gasteiger partial charge in [-0.25, -0.2) is 0 Å². The highest BCUT2D eigenvalue weighted by molar-refractivity contribution is 14.1. The zero-order valence-electron chi connectivity index (χ0n) is 5.65. The fourth-order valence-electron chi connectivity index (χ4n) is 0.395. The molecule has 0 saturated carbocycles. The molecular weight excluding hydrogens is 215 g/mol. The smallest absolute Gasteiger partial charge is 0.0497 e. The quantitative estimate of drug-likeness (QED) is 0.530. The van der Waals surface area contributed by atoms with Gasteiger partial charge in [-0.3, -0.25) is 0 Å². The molecule has 0 aromatic carbocycles. The summed E-state index contributed by atoms with van der Waals surface area (Å²) in [4.78, 5) is 0. The molecule has 0 spiro atoms. The van der Waals surface area contributed by atoms with E-state index in [0.29, 0.717) is 9.84 Å². The molecule has 0 saturated heterocycles. The van der Waals surface area contributed by atoms with Crippen molar-refractivity contribution >= 4 is 22.6 Å². The van der Waals surface area contributed by atoms with Gasteiger partial charge in [0.2, 0.25) is 0 Å². The fraction of sp³-hybridized carbons (Fsp3) is 1.00. The molecule has 0 aliphatic rings. The summed E-state index contributed by atoms with van der Waals surface area (Å²) in [5, 5.41) is 0. The van der Waals surface area contributed by atoms with Crippen molar-refractivity contribution in [2.24, 2.45) is 5.92 Å². The van der Waals surface area contributed by atoms with E-state index in [9.17, 15) is 0 Å². The van der Waals surface area contributed by atoms with Crippen LogP contribution in [0.3, 0.4) is 0 Å². The van der Waals surface area contributed by atoms with Crippen molar-refractivity contribution < 1.29 is 4.74 Å². The molecule has 1 nitrogen and oxygen atoms in total. The van der Waals surface area contributed by atoms with E-state index in [1.807, 2.05) is 0 Å². The first-order valence-corrected chi connectivity index (χ1v) is 4.06. The molecule has 50 valence electrons. The fourth-order valence-corrected chi connectivity index (χ4v) is 0.603. The number of hydrogen-bond acceptors (Lipinski definition) is 1. The number of hydrogen-bond donors (Lipinski definition) is 0. The van der Waals surface area contributed by atoms with Crippen LogP contribution in [-0.4, -0.2) is 17.6 Å². The number of halogens is 1. The topological polar surface area (TPSA) is 9.23 Å². The van der Waals surface area contributed by atoms with Gasteiger partial charge >= 0.3 is 0 Å². The van der Waals surface area contributed by atoms with Gasteiger partial charge in [0, 0.05) is 17.6 Å². The lowest BCUT2D eigenvalue weighted by molar-refractivity contribution is 0.162. The number of ether oxygens (including phenoxy) is 1. The predicted octanol–water partition coefficient (Wildman–Crippen LogP) is 2.09. The third-order valence-electron chi connectivity index (χ3n) is 1.21. The molecule has 0 amide bonds. The largest absolute Gasteiger partial charge is 0.384 e. The van der Waals surface area contributed by atoms with Crippen molar-refractivity contribution in [1.82, 2.24) is 0 Å². The van der Waals surface area contributed by atoms with E-state index in [1.54, 1.807) is 7.11 Å². The molecule has 0 aromatic heterocycles. The van der Waals surface area contributed by atoms with Crippen LogP contribution in [-0.2, 0) is 4.74 Å². The Morgan fingerprint density at radius 3 is 2.12 bits per heavy atom. The highest BCUT2D eigenvalue weighted by Gasteiger charge is 2.05. The number of methoxy groups -OCH3 is 1. The Morgan fingerprint density at radius 2 is 2.00 bits per heavy atom. The zero-order valence-corrected chi connectivity index (χ0v) is 7.81. The Labute approximate surface area is 64.9 Å². The molecule has 0 aliphatic carbocycles. The predicted molar refractivity (Wildman–Crippen MR) is 44.5 cm³/mol. The maximum absolute atomic E-state index is 4.96. The first-order valence-electron chi connectivity index (χ1n) is 2.81. The maximum atomic E-state index is 4.96. The van der Waals surface area contributed by atoms with E-state index >= 15 is 0 Å². The van der Waals surface area contributed by atoms with Crippen LogP contribution in [0.15, 0.2) is 0 Å². The summed E-state index contributed by atoms with van der Waals surface area (Å²) in [6.45, 7) is 5.27. The van der Waals surface area contributed by atoms with Gasteiger partial charge in [0.05, 0.1) is 0 Å². The molecule has 0 radical (unpaired) electrons. The Bertz CT molecular complexity index is 54.5.